The van der Waals surface area contributed by atoms with Crippen molar-refractivity contribution < 1.29 is 18.6 Å². The number of hydrogen-bond donors (Lipinski definition) is 3. The Morgan fingerprint density at radius 3 is 1.92 bits per heavy atom. The van der Waals surface area contributed by atoms with Crippen molar-refractivity contribution in [2.24, 2.45) is 5.14 Å². The van der Waals surface area contributed by atoms with Gasteiger partial charge in [-0.05, 0) is 48.2 Å². The minimum atomic E-state index is -3.74. The Bertz CT molecular complexity index is 806. The van der Waals surface area contributed by atoms with Crippen molar-refractivity contribution in [3.05, 3.63) is 42.0 Å². The number of hydrogen-bond acceptors (Lipinski definition) is 4. The summed E-state index contributed by atoms with van der Waals surface area (Å²) in [5.41, 5.74) is 1.87. The molecule has 2 aromatic carbocycles. The van der Waals surface area contributed by atoms with Crippen LogP contribution < -0.4 is 5.14 Å². The van der Waals surface area contributed by atoms with Crippen LogP contribution in [0.25, 0.3) is 11.1 Å². The van der Waals surface area contributed by atoms with Gasteiger partial charge in [0.25, 0.3) is 0 Å². The highest BCUT2D eigenvalue weighted by Gasteiger charge is 2.12. The van der Waals surface area contributed by atoms with E-state index in [-0.39, 0.29) is 16.4 Å². The molecule has 6 heteroatoms. The highest BCUT2D eigenvalue weighted by atomic mass is 32.2. The quantitative estimate of drug-likeness (QED) is 0.567. The van der Waals surface area contributed by atoms with Crippen LogP contribution in [0.1, 0.15) is 51.0 Å². The van der Waals surface area contributed by atoms with Crippen LogP contribution in [0.2, 0.25) is 0 Å². The third kappa shape index (κ3) is 5.47. The number of benzene rings is 2. The Balaban J connectivity index is 2.08. The van der Waals surface area contributed by atoms with E-state index >= 15 is 0 Å². The minimum Gasteiger partial charge on any atom is -0.508 e. The first-order chi connectivity index (χ1) is 12.3. The standard InChI is InChI=1S/C20H27NO4S/c1-2-3-4-5-6-7-8-18-19(22)13-16(14-20(18)23)15-9-11-17(12-10-15)26(21,24)25/h9-14,22-23H,2-8H2,1H3,(H2,21,24,25). The average Bonchev–Trinajstić information content (AvgIpc) is 2.59. The largest absolute Gasteiger partial charge is 0.508 e. The van der Waals surface area contributed by atoms with E-state index < -0.39 is 10.0 Å². The molecule has 0 heterocycles. The number of sulfonamides is 1. The van der Waals surface area contributed by atoms with Crippen molar-refractivity contribution in [2.75, 3.05) is 0 Å². The van der Waals surface area contributed by atoms with Gasteiger partial charge in [-0.2, -0.15) is 0 Å². The van der Waals surface area contributed by atoms with E-state index in [2.05, 4.69) is 6.92 Å². The van der Waals surface area contributed by atoms with E-state index in [0.717, 1.165) is 12.8 Å². The molecule has 0 saturated heterocycles. The van der Waals surface area contributed by atoms with Gasteiger partial charge in [0, 0.05) is 5.56 Å². The molecule has 0 fully saturated rings. The van der Waals surface area contributed by atoms with E-state index in [4.69, 9.17) is 5.14 Å². The lowest BCUT2D eigenvalue weighted by molar-refractivity contribution is 0.436. The Kier molecular flexibility index (Phi) is 7.06. The lowest BCUT2D eigenvalue weighted by atomic mass is 9.98. The molecule has 0 aliphatic carbocycles. The molecule has 0 saturated carbocycles. The number of primary sulfonamides is 1. The average molecular weight is 378 g/mol. The van der Waals surface area contributed by atoms with Crippen LogP contribution >= 0.6 is 0 Å². The summed E-state index contributed by atoms with van der Waals surface area (Å²) in [7, 11) is -3.74. The maximum Gasteiger partial charge on any atom is 0.238 e. The van der Waals surface area contributed by atoms with E-state index in [0.29, 0.717) is 23.1 Å². The van der Waals surface area contributed by atoms with Gasteiger partial charge in [0.05, 0.1) is 4.90 Å². The third-order valence-electron chi connectivity index (χ3n) is 4.50. The summed E-state index contributed by atoms with van der Waals surface area (Å²) in [6.45, 7) is 2.18. The maximum atomic E-state index is 11.3. The molecule has 2 rings (SSSR count). The molecule has 2 aromatic rings. The summed E-state index contributed by atoms with van der Waals surface area (Å²) in [5.74, 6) is 0.119. The molecule has 0 aliphatic heterocycles. The molecular weight excluding hydrogens is 350 g/mol. The maximum absolute atomic E-state index is 11.3. The zero-order valence-corrected chi connectivity index (χ0v) is 15.9. The van der Waals surface area contributed by atoms with Crippen LogP contribution in [0.4, 0.5) is 0 Å². The van der Waals surface area contributed by atoms with Gasteiger partial charge in [-0.15, -0.1) is 0 Å². The SMILES string of the molecule is CCCCCCCCc1c(O)cc(-c2ccc(S(N)(=O)=O)cc2)cc1O. The highest BCUT2D eigenvalue weighted by molar-refractivity contribution is 7.89. The number of unbranched alkanes of at least 4 members (excludes halogenated alkanes) is 5. The first-order valence-electron chi connectivity index (χ1n) is 9.01. The summed E-state index contributed by atoms with van der Waals surface area (Å²) in [4.78, 5) is 0.0226. The zero-order chi connectivity index (χ0) is 19.2. The van der Waals surface area contributed by atoms with Gasteiger partial charge in [0.2, 0.25) is 10.0 Å². The second kappa shape index (κ2) is 9.05. The van der Waals surface area contributed by atoms with Crippen LogP contribution in [-0.2, 0) is 16.4 Å². The molecule has 5 nitrogen and oxygen atoms in total. The first-order valence-corrected chi connectivity index (χ1v) is 10.6. The fourth-order valence-corrected chi connectivity index (χ4v) is 3.50. The molecule has 0 unspecified atom stereocenters. The van der Waals surface area contributed by atoms with Crippen LogP contribution in [-0.4, -0.2) is 18.6 Å². The molecule has 0 bridgehead atoms. The van der Waals surface area contributed by atoms with Crippen molar-refractivity contribution in [3.8, 4) is 22.6 Å². The Morgan fingerprint density at radius 2 is 1.38 bits per heavy atom. The van der Waals surface area contributed by atoms with E-state index in [9.17, 15) is 18.6 Å². The second-order valence-corrected chi connectivity index (χ2v) is 8.14. The van der Waals surface area contributed by atoms with Crippen molar-refractivity contribution in [1.29, 1.82) is 0 Å². The molecule has 26 heavy (non-hydrogen) atoms. The zero-order valence-electron chi connectivity index (χ0n) is 15.1. The monoisotopic (exact) mass is 377 g/mol. The Hall–Kier alpha value is -2.05. The van der Waals surface area contributed by atoms with Crippen LogP contribution in [0, 0.1) is 0 Å². The summed E-state index contributed by atoms with van der Waals surface area (Å²) in [5, 5.41) is 25.7. The number of nitrogens with two attached hydrogens (primary N) is 1. The van der Waals surface area contributed by atoms with Crippen molar-refractivity contribution in [1.82, 2.24) is 0 Å². The molecule has 0 amide bonds. The highest BCUT2D eigenvalue weighted by Crippen LogP contribution is 2.35. The number of phenolic OH excluding ortho intramolecular Hbond substituents is 2. The third-order valence-corrected chi connectivity index (χ3v) is 5.43. The fraction of sp³-hybridized carbons (Fsp3) is 0.400. The molecule has 4 N–H and O–H groups in total. The topological polar surface area (TPSA) is 101 Å². The molecule has 0 atom stereocenters. The Morgan fingerprint density at radius 1 is 0.846 bits per heavy atom. The molecule has 0 aromatic heterocycles. The second-order valence-electron chi connectivity index (χ2n) is 6.58. The summed E-state index contributed by atoms with van der Waals surface area (Å²) in [6.07, 6.45) is 7.49. The number of phenols is 2. The lowest BCUT2D eigenvalue weighted by Crippen LogP contribution is -2.11. The van der Waals surface area contributed by atoms with Crippen LogP contribution in [0.3, 0.4) is 0 Å². The molecule has 0 radical (unpaired) electrons. The van der Waals surface area contributed by atoms with Gasteiger partial charge < -0.3 is 10.2 Å². The number of rotatable bonds is 9. The summed E-state index contributed by atoms with van der Waals surface area (Å²) in [6, 6.07) is 9.20. The lowest BCUT2D eigenvalue weighted by Gasteiger charge is -2.11. The molecular formula is C20H27NO4S. The normalized spacial score (nSPS) is 11.6. The Labute approximate surface area is 155 Å². The van der Waals surface area contributed by atoms with Crippen molar-refractivity contribution in [2.45, 2.75) is 56.8 Å². The van der Waals surface area contributed by atoms with E-state index in [1.807, 2.05) is 0 Å². The van der Waals surface area contributed by atoms with E-state index in [1.54, 1.807) is 24.3 Å². The summed E-state index contributed by atoms with van der Waals surface area (Å²) < 4.78 is 22.6. The fourth-order valence-electron chi connectivity index (χ4n) is 2.98. The van der Waals surface area contributed by atoms with Crippen LogP contribution in [0.5, 0.6) is 11.5 Å². The van der Waals surface area contributed by atoms with Crippen molar-refractivity contribution >= 4 is 10.0 Å². The van der Waals surface area contributed by atoms with Crippen LogP contribution in [0.15, 0.2) is 41.3 Å². The minimum absolute atomic E-state index is 0.0226. The molecule has 142 valence electrons. The van der Waals surface area contributed by atoms with Gasteiger partial charge in [-0.1, -0.05) is 51.2 Å². The van der Waals surface area contributed by atoms with Gasteiger partial charge in [0.15, 0.2) is 0 Å². The summed E-state index contributed by atoms with van der Waals surface area (Å²) >= 11 is 0. The van der Waals surface area contributed by atoms with Gasteiger partial charge in [-0.25, -0.2) is 13.6 Å². The van der Waals surface area contributed by atoms with E-state index in [1.165, 1.54) is 37.8 Å². The van der Waals surface area contributed by atoms with Crippen molar-refractivity contribution in [3.63, 3.8) is 0 Å². The van der Waals surface area contributed by atoms with Gasteiger partial charge in [0.1, 0.15) is 11.5 Å². The predicted octanol–water partition coefficient (Wildman–Crippen LogP) is 4.32. The van der Waals surface area contributed by atoms with Gasteiger partial charge >= 0.3 is 0 Å². The van der Waals surface area contributed by atoms with Gasteiger partial charge in [-0.3, -0.25) is 0 Å². The first kappa shape index (κ1) is 20.3. The molecule has 0 aliphatic rings. The smallest absolute Gasteiger partial charge is 0.238 e. The molecule has 0 spiro atoms. The number of aromatic hydroxyl groups is 2. The predicted molar refractivity (Wildman–Crippen MR) is 104 cm³/mol.